The Balaban J connectivity index is 2.10. The van der Waals surface area contributed by atoms with Crippen molar-refractivity contribution in [3.8, 4) is 0 Å². The first kappa shape index (κ1) is 14.5. The van der Waals surface area contributed by atoms with Gasteiger partial charge in [-0.15, -0.1) is 0 Å². The minimum atomic E-state index is -3.48. The summed E-state index contributed by atoms with van der Waals surface area (Å²) in [6, 6.07) is 1.29. The zero-order chi connectivity index (χ0) is 14.0. The Morgan fingerprint density at radius 2 is 2.16 bits per heavy atom. The summed E-state index contributed by atoms with van der Waals surface area (Å²) in [5.74, 6) is 0.398. The van der Waals surface area contributed by atoms with Gasteiger partial charge in [-0.2, -0.15) is 4.31 Å². The fraction of sp³-hybridized carbons (Fsp3) is 0.750. The van der Waals surface area contributed by atoms with E-state index in [-0.39, 0.29) is 11.8 Å². The van der Waals surface area contributed by atoms with Gasteiger partial charge in [0.25, 0.3) is 0 Å². The number of sulfonamides is 1. The van der Waals surface area contributed by atoms with Gasteiger partial charge in [-0.3, -0.25) is 0 Å². The molecule has 1 fully saturated rings. The third-order valence-corrected chi connectivity index (χ3v) is 5.42. The Bertz CT molecular complexity index is 526. The van der Waals surface area contributed by atoms with Crippen LogP contribution in [0.3, 0.4) is 0 Å². The second-order valence-corrected chi connectivity index (χ2v) is 7.15. The summed E-state index contributed by atoms with van der Waals surface area (Å²) < 4.78 is 30.7. The van der Waals surface area contributed by atoms with E-state index >= 15 is 0 Å². The summed E-state index contributed by atoms with van der Waals surface area (Å²) in [6.45, 7) is 1.72. The standard InChI is InChI=1S/C12H20N2O4S/c1-9-7-10(13-18-9)8-19(16,17)14(2)11-5-3-4-6-12(11)15/h7,11-12,15H,3-6,8H2,1-2H3. The lowest BCUT2D eigenvalue weighted by molar-refractivity contribution is 0.0637. The SMILES string of the molecule is Cc1cc(CS(=O)(=O)N(C)C2CCCCC2O)no1. The number of hydrogen-bond acceptors (Lipinski definition) is 5. The van der Waals surface area contributed by atoms with Gasteiger partial charge < -0.3 is 9.63 Å². The van der Waals surface area contributed by atoms with Crippen LogP contribution >= 0.6 is 0 Å². The molecule has 7 heteroatoms. The first-order chi connectivity index (χ1) is 8.90. The predicted octanol–water partition coefficient (Wildman–Crippen LogP) is 1.05. The van der Waals surface area contributed by atoms with E-state index in [0.29, 0.717) is 24.3 Å². The third-order valence-electron chi connectivity index (χ3n) is 3.61. The number of nitrogens with zero attached hydrogens (tertiary/aromatic N) is 2. The zero-order valence-corrected chi connectivity index (χ0v) is 12.1. The van der Waals surface area contributed by atoms with Crippen LogP contribution in [-0.4, -0.2) is 42.2 Å². The van der Waals surface area contributed by atoms with Crippen molar-refractivity contribution < 1.29 is 18.0 Å². The van der Waals surface area contributed by atoms with Crippen molar-refractivity contribution in [3.05, 3.63) is 17.5 Å². The van der Waals surface area contributed by atoms with Gasteiger partial charge in [-0.1, -0.05) is 18.0 Å². The van der Waals surface area contributed by atoms with Crippen LogP contribution in [-0.2, 0) is 15.8 Å². The summed E-state index contributed by atoms with van der Waals surface area (Å²) in [5, 5.41) is 13.6. The van der Waals surface area contributed by atoms with Crippen LogP contribution in [0.2, 0.25) is 0 Å². The number of aliphatic hydroxyl groups is 1. The topological polar surface area (TPSA) is 83.6 Å². The molecule has 0 radical (unpaired) electrons. The van der Waals surface area contributed by atoms with Crippen LogP contribution in [0.15, 0.2) is 10.6 Å². The minimum absolute atomic E-state index is 0.190. The van der Waals surface area contributed by atoms with Crippen molar-refractivity contribution in [1.82, 2.24) is 9.46 Å². The summed E-state index contributed by atoms with van der Waals surface area (Å²) in [5.41, 5.74) is 0.398. The van der Waals surface area contributed by atoms with Crippen molar-refractivity contribution in [2.24, 2.45) is 0 Å². The third kappa shape index (κ3) is 3.34. The van der Waals surface area contributed by atoms with Crippen LogP contribution in [0.4, 0.5) is 0 Å². The quantitative estimate of drug-likeness (QED) is 0.895. The number of aromatic nitrogens is 1. The summed E-state index contributed by atoms with van der Waals surface area (Å²) in [4.78, 5) is 0. The fourth-order valence-corrected chi connectivity index (χ4v) is 3.87. The van der Waals surface area contributed by atoms with Gasteiger partial charge in [0.05, 0.1) is 12.1 Å². The Kier molecular flexibility index (Phi) is 4.27. The average molecular weight is 288 g/mol. The summed E-state index contributed by atoms with van der Waals surface area (Å²) in [7, 11) is -1.95. The molecule has 0 bridgehead atoms. The van der Waals surface area contributed by atoms with E-state index in [2.05, 4.69) is 5.16 Å². The maximum atomic E-state index is 12.3. The normalized spacial score (nSPS) is 24.8. The molecule has 2 unspecified atom stereocenters. The Hall–Kier alpha value is -0.920. The van der Waals surface area contributed by atoms with E-state index in [0.717, 1.165) is 12.8 Å². The lowest BCUT2D eigenvalue weighted by Crippen LogP contribution is -2.46. The molecule has 1 aliphatic carbocycles. The molecule has 1 aromatic rings. The number of likely N-dealkylation sites (N-methyl/N-ethyl adjacent to an activating group) is 1. The van der Waals surface area contributed by atoms with Crippen molar-refractivity contribution in [2.45, 2.75) is 50.5 Å². The number of aryl methyl sites for hydroxylation is 1. The van der Waals surface area contributed by atoms with Gasteiger partial charge in [0.1, 0.15) is 17.2 Å². The average Bonchev–Trinajstić information content (AvgIpc) is 2.73. The largest absolute Gasteiger partial charge is 0.391 e. The molecule has 6 nitrogen and oxygen atoms in total. The molecule has 0 spiro atoms. The van der Waals surface area contributed by atoms with Crippen LogP contribution in [0.25, 0.3) is 0 Å². The molecule has 19 heavy (non-hydrogen) atoms. The molecule has 1 aromatic heterocycles. The molecule has 1 heterocycles. The molecule has 0 amide bonds. The fourth-order valence-electron chi connectivity index (χ4n) is 2.50. The van der Waals surface area contributed by atoms with Gasteiger partial charge in [-0.25, -0.2) is 8.42 Å². The molecular weight excluding hydrogens is 268 g/mol. The Morgan fingerprint density at radius 3 is 2.74 bits per heavy atom. The lowest BCUT2D eigenvalue weighted by atomic mass is 9.93. The van der Waals surface area contributed by atoms with Crippen LogP contribution in [0.5, 0.6) is 0 Å². The molecule has 1 aliphatic rings. The number of aliphatic hydroxyl groups excluding tert-OH is 1. The lowest BCUT2D eigenvalue weighted by Gasteiger charge is -2.34. The van der Waals surface area contributed by atoms with E-state index in [1.165, 1.54) is 11.4 Å². The van der Waals surface area contributed by atoms with Crippen LogP contribution < -0.4 is 0 Å². The maximum Gasteiger partial charge on any atom is 0.220 e. The van der Waals surface area contributed by atoms with Gasteiger partial charge in [-0.05, 0) is 19.8 Å². The van der Waals surface area contributed by atoms with Crippen molar-refractivity contribution in [2.75, 3.05) is 7.05 Å². The van der Waals surface area contributed by atoms with Crippen LogP contribution in [0.1, 0.15) is 37.1 Å². The molecule has 0 aromatic carbocycles. The molecule has 1 saturated carbocycles. The maximum absolute atomic E-state index is 12.3. The Labute approximate surface area is 113 Å². The Morgan fingerprint density at radius 1 is 1.47 bits per heavy atom. The van der Waals surface area contributed by atoms with Gasteiger partial charge >= 0.3 is 0 Å². The monoisotopic (exact) mass is 288 g/mol. The number of rotatable bonds is 4. The first-order valence-electron chi connectivity index (χ1n) is 6.46. The molecular formula is C12H20N2O4S. The van der Waals surface area contributed by atoms with Gasteiger partial charge in [0, 0.05) is 13.1 Å². The van der Waals surface area contributed by atoms with E-state index in [4.69, 9.17) is 4.52 Å². The summed E-state index contributed by atoms with van der Waals surface area (Å²) in [6.07, 6.45) is 2.69. The zero-order valence-electron chi connectivity index (χ0n) is 11.2. The molecule has 2 rings (SSSR count). The highest BCUT2D eigenvalue weighted by Crippen LogP contribution is 2.25. The number of hydrogen-bond donors (Lipinski definition) is 1. The first-order valence-corrected chi connectivity index (χ1v) is 8.07. The molecule has 0 aliphatic heterocycles. The van der Waals surface area contributed by atoms with Crippen molar-refractivity contribution in [3.63, 3.8) is 0 Å². The second kappa shape index (κ2) is 5.60. The smallest absolute Gasteiger partial charge is 0.220 e. The minimum Gasteiger partial charge on any atom is -0.391 e. The highest BCUT2D eigenvalue weighted by Gasteiger charge is 2.33. The molecule has 0 saturated heterocycles. The van der Waals surface area contributed by atoms with Gasteiger partial charge in [0.15, 0.2) is 0 Å². The van der Waals surface area contributed by atoms with E-state index in [1.54, 1.807) is 13.0 Å². The highest BCUT2D eigenvalue weighted by molar-refractivity contribution is 7.88. The second-order valence-electron chi connectivity index (χ2n) is 5.12. The van der Waals surface area contributed by atoms with E-state index in [1.807, 2.05) is 0 Å². The van der Waals surface area contributed by atoms with Crippen molar-refractivity contribution in [1.29, 1.82) is 0 Å². The molecule has 108 valence electrons. The summed E-state index contributed by atoms with van der Waals surface area (Å²) >= 11 is 0. The van der Waals surface area contributed by atoms with Crippen LogP contribution in [0, 0.1) is 6.92 Å². The van der Waals surface area contributed by atoms with Gasteiger partial charge in [0.2, 0.25) is 10.0 Å². The molecule has 2 atom stereocenters. The van der Waals surface area contributed by atoms with Crippen molar-refractivity contribution >= 4 is 10.0 Å². The highest BCUT2D eigenvalue weighted by atomic mass is 32.2. The van der Waals surface area contributed by atoms with E-state index < -0.39 is 16.1 Å². The van der Waals surface area contributed by atoms with E-state index in [9.17, 15) is 13.5 Å². The molecule has 1 N–H and O–H groups in total. The predicted molar refractivity (Wildman–Crippen MR) is 69.9 cm³/mol.